The standard InChI is InChI=1S/C11H21N3S2/c1-8(7-15-5)14(4)11-13-9(2)10(16-11)6-12-3/h8,12H,6-7H2,1-5H3. The van der Waals surface area contributed by atoms with Gasteiger partial charge < -0.3 is 10.2 Å². The van der Waals surface area contributed by atoms with Crippen molar-refractivity contribution in [3.05, 3.63) is 10.6 Å². The lowest BCUT2D eigenvalue weighted by Gasteiger charge is -2.23. The van der Waals surface area contributed by atoms with Gasteiger partial charge in [-0.1, -0.05) is 0 Å². The van der Waals surface area contributed by atoms with Crippen molar-refractivity contribution in [2.45, 2.75) is 26.4 Å². The first-order valence-electron chi connectivity index (χ1n) is 5.42. The molecule has 16 heavy (non-hydrogen) atoms. The minimum absolute atomic E-state index is 0.531. The average Bonchev–Trinajstić information content (AvgIpc) is 2.60. The molecule has 0 amide bonds. The van der Waals surface area contributed by atoms with E-state index in [0.29, 0.717) is 6.04 Å². The van der Waals surface area contributed by atoms with Gasteiger partial charge in [0.15, 0.2) is 5.13 Å². The van der Waals surface area contributed by atoms with E-state index in [2.05, 4.69) is 42.4 Å². The van der Waals surface area contributed by atoms with Gasteiger partial charge in [0.2, 0.25) is 0 Å². The van der Waals surface area contributed by atoms with Crippen LogP contribution >= 0.6 is 23.1 Å². The van der Waals surface area contributed by atoms with Gasteiger partial charge in [-0.3, -0.25) is 0 Å². The fourth-order valence-corrected chi connectivity index (χ4v) is 3.27. The summed E-state index contributed by atoms with van der Waals surface area (Å²) in [6.45, 7) is 5.24. The first-order chi connectivity index (χ1) is 7.60. The number of aryl methyl sites for hydroxylation is 1. The summed E-state index contributed by atoms with van der Waals surface area (Å²) >= 11 is 3.67. The second kappa shape index (κ2) is 6.47. The number of nitrogens with one attached hydrogen (secondary N) is 1. The number of aromatic nitrogens is 1. The summed E-state index contributed by atoms with van der Waals surface area (Å²) in [7, 11) is 4.10. The highest BCUT2D eigenvalue weighted by Crippen LogP contribution is 2.26. The van der Waals surface area contributed by atoms with Crippen LogP contribution in [0.3, 0.4) is 0 Å². The second-order valence-corrected chi connectivity index (χ2v) is 5.92. The molecule has 3 nitrogen and oxygen atoms in total. The van der Waals surface area contributed by atoms with Crippen LogP contribution in [0.5, 0.6) is 0 Å². The van der Waals surface area contributed by atoms with Crippen molar-refractivity contribution in [2.24, 2.45) is 0 Å². The zero-order chi connectivity index (χ0) is 12.1. The van der Waals surface area contributed by atoms with Gasteiger partial charge in [-0.25, -0.2) is 4.98 Å². The molecule has 0 saturated heterocycles. The van der Waals surface area contributed by atoms with E-state index in [1.54, 1.807) is 11.3 Å². The lowest BCUT2D eigenvalue weighted by molar-refractivity contribution is 0.760. The maximum absolute atomic E-state index is 4.63. The Morgan fingerprint density at radius 2 is 2.25 bits per heavy atom. The smallest absolute Gasteiger partial charge is 0.185 e. The van der Waals surface area contributed by atoms with Crippen LogP contribution < -0.4 is 10.2 Å². The minimum Gasteiger partial charge on any atom is -0.348 e. The Hall–Kier alpha value is -0.260. The predicted octanol–water partition coefficient (Wildman–Crippen LogP) is 2.36. The van der Waals surface area contributed by atoms with Crippen molar-refractivity contribution in [3.63, 3.8) is 0 Å². The lowest BCUT2D eigenvalue weighted by Crippen LogP contribution is -2.30. The van der Waals surface area contributed by atoms with E-state index in [0.717, 1.165) is 23.1 Å². The van der Waals surface area contributed by atoms with Crippen molar-refractivity contribution in [1.29, 1.82) is 0 Å². The van der Waals surface area contributed by atoms with Crippen LogP contribution in [0, 0.1) is 6.92 Å². The highest BCUT2D eigenvalue weighted by atomic mass is 32.2. The number of thiazole rings is 1. The Balaban J connectivity index is 2.75. The zero-order valence-corrected chi connectivity index (χ0v) is 12.3. The molecule has 1 atom stereocenters. The van der Waals surface area contributed by atoms with Crippen molar-refractivity contribution in [3.8, 4) is 0 Å². The Morgan fingerprint density at radius 1 is 1.56 bits per heavy atom. The van der Waals surface area contributed by atoms with E-state index >= 15 is 0 Å². The molecule has 1 heterocycles. The van der Waals surface area contributed by atoms with E-state index < -0.39 is 0 Å². The van der Waals surface area contributed by atoms with Gasteiger partial charge >= 0.3 is 0 Å². The van der Waals surface area contributed by atoms with Crippen LogP contribution in [0.2, 0.25) is 0 Å². The molecule has 0 bridgehead atoms. The maximum Gasteiger partial charge on any atom is 0.185 e. The fraction of sp³-hybridized carbons (Fsp3) is 0.727. The number of nitrogens with zero attached hydrogens (tertiary/aromatic N) is 2. The first-order valence-corrected chi connectivity index (χ1v) is 7.63. The summed E-state index contributed by atoms with van der Waals surface area (Å²) in [6, 6.07) is 0.531. The summed E-state index contributed by atoms with van der Waals surface area (Å²) in [6.07, 6.45) is 2.14. The van der Waals surface area contributed by atoms with Crippen molar-refractivity contribution in [1.82, 2.24) is 10.3 Å². The molecule has 0 aliphatic carbocycles. The summed E-state index contributed by atoms with van der Waals surface area (Å²) in [5.41, 5.74) is 1.15. The van der Waals surface area contributed by atoms with Crippen molar-refractivity contribution >= 4 is 28.2 Å². The molecule has 92 valence electrons. The molecule has 1 rings (SSSR count). The molecule has 1 aromatic heterocycles. The van der Waals surface area contributed by atoms with Crippen LogP contribution in [0.25, 0.3) is 0 Å². The molecule has 1 N–H and O–H groups in total. The number of thioether (sulfide) groups is 1. The van der Waals surface area contributed by atoms with Gasteiger partial charge in [0.05, 0.1) is 5.69 Å². The molecule has 1 unspecified atom stereocenters. The molecule has 1 aromatic rings. The minimum atomic E-state index is 0.531. The molecular formula is C11H21N3S2. The first kappa shape index (κ1) is 13.8. The molecule has 0 aromatic carbocycles. The van der Waals surface area contributed by atoms with Gasteiger partial charge in [0.1, 0.15) is 0 Å². The Bertz CT molecular complexity index is 325. The third-order valence-corrected chi connectivity index (χ3v) is 4.65. The van der Waals surface area contributed by atoms with E-state index in [1.165, 1.54) is 4.88 Å². The van der Waals surface area contributed by atoms with Crippen LogP contribution in [-0.2, 0) is 6.54 Å². The number of anilines is 1. The molecule has 0 spiro atoms. The summed E-state index contributed by atoms with van der Waals surface area (Å²) in [4.78, 5) is 8.23. The molecule has 0 fully saturated rings. The number of hydrogen-bond donors (Lipinski definition) is 1. The second-order valence-electron chi connectivity index (χ2n) is 3.95. The van der Waals surface area contributed by atoms with E-state index in [1.807, 2.05) is 18.8 Å². The summed E-state index contributed by atoms with van der Waals surface area (Å²) < 4.78 is 0. The predicted molar refractivity (Wildman–Crippen MR) is 75.9 cm³/mol. The van der Waals surface area contributed by atoms with Crippen molar-refractivity contribution < 1.29 is 0 Å². The van der Waals surface area contributed by atoms with E-state index in [4.69, 9.17) is 0 Å². The molecule has 0 radical (unpaired) electrons. The monoisotopic (exact) mass is 259 g/mol. The van der Waals surface area contributed by atoms with Crippen LogP contribution in [-0.4, -0.2) is 37.1 Å². The SMILES string of the molecule is CNCc1sc(N(C)C(C)CSC)nc1C. The summed E-state index contributed by atoms with van der Waals surface area (Å²) in [5, 5.41) is 4.31. The zero-order valence-electron chi connectivity index (χ0n) is 10.7. The number of rotatable bonds is 6. The van der Waals surface area contributed by atoms with Crippen LogP contribution in [0.4, 0.5) is 5.13 Å². The Kier molecular flexibility index (Phi) is 5.58. The molecular weight excluding hydrogens is 238 g/mol. The van der Waals surface area contributed by atoms with Crippen molar-refractivity contribution in [2.75, 3.05) is 31.0 Å². The van der Waals surface area contributed by atoms with E-state index in [-0.39, 0.29) is 0 Å². The van der Waals surface area contributed by atoms with Gasteiger partial charge in [-0.15, -0.1) is 11.3 Å². The normalized spacial score (nSPS) is 12.8. The van der Waals surface area contributed by atoms with Gasteiger partial charge in [0, 0.05) is 30.3 Å². The highest BCUT2D eigenvalue weighted by molar-refractivity contribution is 7.98. The largest absolute Gasteiger partial charge is 0.348 e. The Morgan fingerprint density at radius 3 is 2.81 bits per heavy atom. The number of hydrogen-bond acceptors (Lipinski definition) is 5. The van der Waals surface area contributed by atoms with Crippen LogP contribution in [0.1, 0.15) is 17.5 Å². The fourth-order valence-electron chi connectivity index (χ4n) is 1.43. The van der Waals surface area contributed by atoms with Crippen LogP contribution in [0.15, 0.2) is 0 Å². The Labute approximate surface area is 107 Å². The molecule has 0 aliphatic rings. The lowest BCUT2D eigenvalue weighted by atomic mass is 10.3. The highest BCUT2D eigenvalue weighted by Gasteiger charge is 2.15. The van der Waals surface area contributed by atoms with Gasteiger partial charge in [-0.05, 0) is 27.2 Å². The van der Waals surface area contributed by atoms with Gasteiger partial charge in [0.25, 0.3) is 0 Å². The topological polar surface area (TPSA) is 28.2 Å². The quantitative estimate of drug-likeness (QED) is 0.849. The maximum atomic E-state index is 4.63. The van der Waals surface area contributed by atoms with Gasteiger partial charge in [-0.2, -0.15) is 11.8 Å². The molecule has 5 heteroatoms. The third-order valence-electron chi connectivity index (χ3n) is 2.59. The summed E-state index contributed by atoms with van der Waals surface area (Å²) in [5.74, 6) is 1.14. The molecule has 0 aliphatic heterocycles. The van der Waals surface area contributed by atoms with E-state index in [9.17, 15) is 0 Å². The molecule has 0 saturated carbocycles. The third kappa shape index (κ3) is 3.37. The average molecular weight is 259 g/mol.